The lowest BCUT2D eigenvalue weighted by atomic mass is 10.1. The molecular weight excluding hydrogens is 208 g/mol. The van der Waals surface area contributed by atoms with Gasteiger partial charge in [-0.05, 0) is 25.7 Å². The van der Waals surface area contributed by atoms with Crippen LogP contribution in [0.1, 0.15) is 34.1 Å². The lowest BCUT2D eigenvalue weighted by Crippen LogP contribution is -2.43. The summed E-state index contributed by atoms with van der Waals surface area (Å²) in [5.41, 5.74) is 5.66. The van der Waals surface area contributed by atoms with Gasteiger partial charge in [-0.1, -0.05) is 26.1 Å². The molecule has 1 atom stereocenters. The highest BCUT2D eigenvalue weighted by molar-refractivity contribution is 7.80. The zero-order chi connectivity index (χ0) is 11.8. The summed E-state index contributed by atoms with van der Waals surface area (Å²) < 4.78 is 0. The van der Waals surface area contributed by atoms with E-state index in [9.17, 15) is 4.79 Å². The van der Waals surface area contributed by atoms with Crippen LogP contribution < -0.4 is 5.73 Å². The van der Waals surface area contributed by atoms with Crippen molar-refractivity contribution in [2.75, 3.05) is 6.54 Å². The number of carbonyl (C=O) groups excluding carboxylic acids is 1. The van der Waals surface area contributed by atoms with Crippen LogP contribution in [0.25, 0.3) is 0 Å². The molecule has 0 heterocycles. The topological polar surface area (TPSA) is 46.3 Å². The minimum absolute atomic E-state index is 0.161. The van der Waals surface area contributed by atoms with Crippen LogP contribution in [-0.4, -0.2) is 28.4 Å². The molecule has 0 aliphatic heterocycles. The molecule has 1 amide bonds. The Kier molecular flexibility index (Phi) is 3.38. The van der Waals surface area contributed by atoms with E-state index in [-0.39, 0.29) is 23.3 Å². The van der Waals surface area contributed by atoms with E-state index in [4.69, 9.17) is 18.0 Å². The van der Waals surface area contributed by atoms with E-state index in [0.29, 0.717) is 11.5 Å². The molecule has 1 aliphatic rings. The standard InChI is InChI=1S/C11H20N2OS/c1-7(2)13(6-9(12)15)10(14)8-5-11(8,3)4/h7-8H,5-6H2,1-4H3,(H2,12,15). The van der Waals surface area contributed by atoms with Gasteiger partial charge in [-0.2, -0.15) is 0 Å². The van der Waals surface area contributed by atoms with Gasteiger partial charge >= 0.3 is 0 Å². The predicted molar refractivity (Wildman–Crippen MR) is 65.5 cm³/mol. The van der Waals surface area contributed by atoms with Crippen molar-refractivity contribution in [3.63, 3.8) is 0 Å². The van der Waals surface area contributed by atoms with Gasteiger partial charge in [-0.3, -0.25) is 4.79 Å². The zero-order valence-corrected chi connectivity index (χ0v) is 10.7. The molecule has 4 heteroatoms. The van der Waals surface area contributed by atoms with E-state index < -0.39 is 0 Å². The molecule has 0 spiro atoms. The summed E-state index contributed by atoms with van der Waals surface area (Å²) >= 11 is 4.86. The number of carbonyl (C=O) groups is 1. The highest BCUT2D eigenvalue weighted by atomic mass is 32.1. The number of thiocarbonyl (C=S) groups is 1. The third-order valence-corrected chi connectivity index (χ3v) is 3.17. The fourth-order valence-electron chi connectivity index (χ4n) is 1.77. The second-order valence-corrected chi connectivity index (χ2v) is 5.80. The summed E-state index contributed by atoms with van der Waals surface area (Å²) in [6, 6.07) is 0.162. The van der Waals surface area contributed by atoms with E-state index >= 15 is 0 Å². The number of amides is 1. The summed E-state index contributed by atoms with van der Waals surface area (Å²) in [5.74, 6) is 0.358. The van der Waals surface area contributed by atoms with Crippen molar-refractivity contribution in [3.05, 3.63) is 0 Å². The molecule has 2 N–H and O–H groups in total. The number of nitrogens with two attached hydrogens (primary N) is 1. The molecule has 0 aromatic rings. The van der Waals surface area contributed by atoms with Crippen molar-refractivity contribution >= 4 is 23.1 Å². The summed E-state index contributed by atoms with van der Waals surface area (Å²) in [6.07, 6.45) is 0.979. The fourth-order valence-corrected chi connectivity index (χ4v) is 1.91. The van der Waals surface area contributed by atoms with Gasteiger partial charge < -0.3 is 10.6 Å². The molecule has 0 bridgehead atoms. The van der Waals surface area contributed by atoms with Gasteiger partial charge in [-0.15, -0.1) is 0 Å². The van der Waals surface area contributed by atoms with Crippen molar-refractivity contribution in [1.82, 2.24) is 4.90 Å². The van der Waals surface area contributed by atoms with E-state index in [2.05, 4.69) is 13.8 Å². The second-order valence-electron chi connectivity index (χ2n) is 5.27. The van der Waals surface area contributed by atoms with Crippen molar-refractivity contribution < 1.29 is 4.79 Å². The van der Waals surface area contributed by atoms with Crippen LogP contribution in [0.2, 0.25) is 0 Å². The van der Waals surface area contributed by atoms with Gasteiger partial charge in [0, 0.05) is 12.0 Å². The number of hydrogen-bond donors (Lipinski definition) is 1. The van der Waals surface area contributed by atoms with Crippen LogP contribution >= 0.6 is 12.2 Å². The van der Waals surface area contributed by atoms with Gasteiger partial charge in [0.1, 0.15) is 0 Å². The SMILES string of the molecule is CC(C)N(CC(N)=S)C(=O)C1CC1(C)C. The number of nitrogens with zero attached hydrogens (tertiary/aromatic N) is 1. The average Bonchev–Trinajstić information content (AvgIpc) is 2.69. The van der Waals surface area contributed by atoms with Crippen LogP contribution in [-0.2, 0) is 4.79 Å². The quantitative estimate of drug-likeness (QED) is 0.743. The molecule has 15 heavy (non-hydrogen) atoms. The van der Waals surface area contributed by atoms with Crippen molar-refractivity contribution in [2.24, 2.45) is 17.1 Å². The van der Waals surface area contributed by atoms with Gasteiger partial charge in [0.25, 0.3) is 0 Å². The molecule has 1 fully saturated rings. The molecule has 1 aliphatic carbocycles. The summed E-state index contributed by atoms with van der Waals surface area (Å²) in [7, 11) is 0. The van der Waals surface area contributed by atoms with Gasteiger partial charge in [0.2, 0.25) is 5.91 Å². The number of hydrogen-bond acceptors (Lipinski definition) is 2. The predicted octanol–water partition coefficient (Wildman–Crippen LogP) is 1.56. The number of rotatable bonds is 4. The maximum absolute atomic E-state index is 12.1. The van der Waals surface area contributed by atoms with E-state index in [1.54, 1.807) is 4.90 Å². The molecule has 1 rings (SSSR count). The first-order valence-electron chi connectivity index (χ1n) is 5.34. The third kappa shape index (κ3) is 2.91. The van der Waals surface area contributed by atoms with Crippen LogP contribution in [0.5, 0.6) is 0 Å². The van der Waals surface area contributed by atoms with Gasteiger partial charge in [0.15, 0.2) is 0 Å². The Labute approximate surface area is 97.0 Å². The first kappa shape index (κ1) is 12.4. The molecule has 0 aromatic carbocycles. The highest BCUT2D eigenvalue weighted by Gasteiger charge is 2.52. The first-order chi connectivity index (χ1) is 6.75. The van der Waals surface area contributed by atoms with Crippen LogP contribution in [0.15, 0.2) is 0 Å². The molecule has 1 saturated carbocycles. The van der Waals surface area contributed by atoms with Crippen molar-refractivity contribution in [3.8, 4) is 0 Å². The van der Waals surface area contributed by atoms with Crippen molar-refractivity contribution in [1.29, 1.82) is 0 Å². The monoisotopic (exact) mass is 228 g/mol. The fraction of sp³-hybridized carbons (Fsp3) is 0.818. The molecule has 0 aromatic heterocycles. The third-order valence-electron chi connectivity index (χ3n) is 3.04. The molecule has 0 radical (unpaired) electrons. The van der Waals surface area contributed by atoms with Crippen LogP contribution in [0, 0.1) is 11.3 Å². The summed E-state index contributed by atoms with van der Waals surface area (Å²) in [6.45, 7) is 8.62. The Morgan fingerprint density at radius 2 is 2.07 bits per heavy atom. The zero-order valence-electron chi connectivity index (χ0n) is 9.91. The van der Waals surface area contributed by atoms with E-state index in [0.717, 1.165) is 6.42 Å². The molecule has 3 nitrogen and oxygen atoms in total. The van der Waals surface area contributed by atoms with Crippen LogP contribution in [0.3, 0.4) is 0 Å². The van der Waals surface area contributed by atoms with Crippen molar-refractivity contribution in [2.45, 2.75) is 40.2 Å². The van der Waals surface area contributed by atoms with E-state index in [1.165, 1.54) is 0 Å². The molecule has 86 valence electrons. The first-order valence-corrected chi connectivity index (χ1v) is 5.75. The molecular formula is C11H20N2OS. The Hall–Kier alpha value is -0.640. The van der Waals surface area contributed by atoms with Gasteiger partial charge in [-0.25, -0.2) is 0 Å². The molecule has 1 unspecified atom stereocenters. The lowest BCUT2D eigenvalue weighted by Gasteiger charge is -2.27. The maximum Gasteiger partial charge on any atom is 0.226 e. The lowest BCUT2D eigenvalue weighted by molar-refractivity contribution is -0.134. The Balaban J connectivity index is 2.65. The smallest absolute Gasteiger partial charge is 0.226 e. The average molecular weight is 228 g/mol. The second kappa shape index (κ2) is 4.08. The normalized spacial score (nSPS) is 22.6. The Bertz CT molecular complexity index is 286. The Morgan fingerprint density at radius 1 is 1.60 bits per heavy atom. The van der Waals surface area contributed by atoms with Gasteiger partial charge in [0.05, 0.1) is 11.5 Å². The van der Waals surface area contributed by atoms with E-state index in [1.807, 2.05) is 13.8 Å². The largest absolute Gasteiger partial charge is 0.392 e. The minimum atomic E-state index is 0.161. The maximum atomic E-state index is 12.1. The minimum Gasteiger partial charge on any atom is -0.392 e. The van der Waals surface area contributed by atoms with Crippen LogP contribution in [0.4, 0.5) is 0 Å². The highest BCUT2D eigenvalue weighted by Crippen LogP contribution is 2.52. The summed E-state index contributed by atoms with van der Waals surface area (Å²) in [4.78, 5) is 14.3. The Morgan fingerprint density at radius 3 is 2.33 bits per heavy atom. The summed E-state index contributed by atoms with van der Waals surface area (Å²) in [5, 5.41) is 0. The molecule has 0 saturated heterocycles.